The molecule has 1 aromatic rings. The van der Waals surface area contributed by atoms with Gasteiger partial charge in [0, 0.05) is 31.6 Å². The molecule has 156 valence electrons. The highest BCUT2D eigenvalue weighted by Gasteiger charge is 2.42. The fourth-order valence-electron chi connectivity index (χ4n) is 5.08. The van der Waals surface area contributed by atoms with Gasteiger partial charge in [-0.25, -0.2) is 4.39 Å². The minimum Gasteiger partial charge on any atom is -0.490 e. The summed E-state index contributed by atoms with van der Waals surface area (Å²) in [6.07, 6.45) is 5.75. The molecule has 5 nitrogen and oxygen atoms in total. The maximum atomic E-state index is 14.6. The van der Waals surface area contributed by atoms with E-state index < -0.39 is 5.92 Å². The molecule has 0 aromatic heterocycles. The van der Waals surface area contributed by atoms with Gasteiger partial charge in [0.25, 0.3) is 0 Å². The fourth-order valence-corrected chi connectivity index (χ4v) is 5.08. The van der Waals surface area contributed by atoms with Gasteiger partial charge in [0.05, 0.1) is 18.0 Å². The summed E-state index contributed by atoms with van der Waals surface area (Å²) in [6, 6.07) is 7.46. The molecule has 1 aliphatic carbocycles. The second-order valence-electron chi connectivity index (χ2n) is 8.99. The van der Waals surface area contributed by atoms with Gasteiger partial charge in [-0.05, 0) is 63.1 Å². The van der Waals surface area contributed by atoms with Gasteiger partial charge in [0.2, 0.25) is 0 Å². The molecule has 0 spiro atoms. The molecule has 6 heteroatoms. The molecule has 2 bridgehead atoms. The molecule has 4 rings (SSSR count). The summed E-state index contributed by atoms with van der Waals surface area (Å²) in [5.41, 5.74) is 0.473. The predicted molar refractivity (Wildman–Crippen MR) is 108 cm³/mol. The zero-order chi connectivity index (χ0) is 20.4. The van der Waals surface area contributed by atoms with Gasteiger partial charge in [0.1, 0.15) is 17.7 Å². The van der Waals surface area contributed by atoms with Crippen molar-refractivity contribution in [1.82, 2.24) is 10.2 Å². The average molecular weight is 400 g/mol. The van der Waals surface area contributed by atoms with E-state index in [9.17, 15) is 14.4 Å². The van der Waals surface area contributed by atoms with Gasteiger partial charge in [-0.2, -0.15) is 5.26 Å². The number of carbonyl (C=O) groups is 1. The van der Waals surface area contributed by atoms with Crippen LogP contribution in [0.25, 0.3) is 0 Å². The van der Waals surface area contributed by atoms with Crippen LogP contribution in [-0.4, -0.2) is 49.0 Å². The first-order valence-electron chi connectivity index (χ1n) is 10.8. The van der Waals surface area contributed by atoms with E-state index >= 15 is 0 Å². The molecule has 0 unspecified atom stereocenters. The Kier molecular flexibility index (Phi) is 6.17. The first-order chi connectivity index (χ1) is 14.0. The smallest absolute Gasteiger partial charge is 0.151 e. The molecule has 2 aliphatic heterocycles. The summed E-state index contributed by atoms with van der Waals surface area (Å²) in [5.74, 6) is 0.197. The molecule has 29 heavy (non-hydrogen) atoms. The van der Waals surface area contributed by atoms with E-state index in [0.29, 0.717) is 23.3 Å². The van der Waals surface area contributed by atoms with Crippen molar-refractivity contribution in [2.45, 2.75) is 63.1 Å². The number of ketones is 1. The van der Waals surface area contributed by atoms with Crippen LogP contribution in [0, 0.1) is 29.0 Å². The third-order valence-corrected chi connectivity index (χ3v) is 6.80. The number of fused-ring (bicyclic) bond motifs is 2. The molecule has 1 aromatic carbocycles. The zero-order valence-electron chi connectivity index (χ0n) is 17.1. The third-order valence-electron chi connectivity index (χ3n) is 6.80. The lowest BCUT2D eigenvalue weighted by atomic mass is 9.88. The lowest BCUT2D eigenvalue weighted by molar-refractivity contribution is -0.122. The summed E-state index contributed by atoms with van der Waals surface area (Å²) in [6.45, 7) is 1.97. The number of hydrogen-bond donors (Lipinski definition) is 1. The number of piperidine rings is 2. The minimum absolute atomic E-state index is 0.103. The fraction of sp³-hybridized carbons (Fsp3) is 0.652. The highest BCUT2D eigenvalue weighted by molar-refractivity contribution is 5.85. The average Bonchev–Trinajstić information content (AvgIpc) is 3.34. The van der Waals surface area contributed by atoms with Crippen LogP contribution in [0.5, 0.6) is 5.75 Å². The number of nitriles is 1. The number of ether oxygens (including phenoxy) is 1. The third kappa shape index (κ3) is 4.79. The lowest BCUT2D eigenvalue weighted by Gasteiger charge is -2.29. The van der Waals surface area contributed by atoms with Crippen LogP contribution < -0.4 is 10.1 Å². The van der Waals surface area contributed by atoms with E-state index in [-0.39, 0.29) is 36.6 Å². The Morgan fingerprint density at radius 2 is 2.14 bits per heavy atom. The molecule has 4 atom stereocenters. The van der Waals surface area contributed by atoms with Crippen molar-refractivity contribution in [2.75, 3.05) is 20.1 Å². The van der Waals surface area contributed by atoms with Crippen molar-refractivity contribution in [1.29, 1.82) is 5.26 Å². The monoisotopic (exact) mass is 399 g/mol. The van der Waals surface area contributed by atoms with Crippen LogP contribution in [0.3, 0.4) is 0 Å². The molecule has 0 radical (unpaired) electrons. The number of rotatable bonds is 7. The quantitative estimate of drug-likeness (QED) is 0.763. The summed E-state index contributed by atoms with van der Waals surface area (Å²) in [7, 11) is 2.09. The molecule has 0 amide bonds. The standard InChI is InChI=1S/C23H30FN3O2/c1-27-8-6-19(7-9-27)29-20-5-3-16(21(24)13-20)10-15(14-25)11-22(28)23-17-2-4-18(12-17)26-23/h3,5,13,15,17-19,23,26H,2,4,6-12H2,1H3/t15-,17+,18-,23+/m1/s1. The van der Waals surface area contributed by atoms with Crippen molar-refractivity contribution in [2.24, 2.45) is 11.8 Å². The lowest BCUT2D eigenvalue weighted by Crippen LogP contribution is -2.42. The Bertz CT molecular complexity index is 785. The van der Waals surface area contributed by atoms with Crippen LogP contribution in [0.1, 0.15) is 44.1 Å². The predicted octanol–water partition coefficient (Wildman–Crippen LogP) is 3.08. The molecule has 2 saturated heterocycles. The Hall–Kier alpha value is -1.97. The minimum atomic E-state index is -0.501. The number of benzene rings is 1. The van der Waals surface area contributed by atoms with E-state index in [1.807, 2.05) is 0 Å². The van der Waals surface area contributed by atoms with E-state index in [2.05, 4.69) is 23.3 Å². The van der Waals surface area contributed by atoms with Crippen molar-refractivity contribution >= 4 is 5.78 Å². The molecular weight excluding hydrogens is 369 g/mol. The second-order valence-corrected chi connectivity index (χ2v) is 8.99. The van der Waals surface area contributed by atoms with Gasteiger partial charge in [-0.15, -0.1) is 0 Å². The molecule has 3 fully saturated rings. The van der Waals surface area contributed by atoms with E-state index in [1.54, 1.807) is 12.1 Å². The number of nitrogens with zero attached hydrogens (tertiary/aromatic N) is 2. The first kappa shape index (κ1) is 20.3. The Morgan fingerprint density at radius 1 is 1.34 bits per heavy atom. The highest BCUT2D eigenvalue weighted by Crippen LogP contribution is 2.36. The first-order valence-corrected chi connectivity index (χ1v) is 10.8. The van der Waals surface area contributed by atoms with Crippen molar-refractivity contribution in [3.05, 3.63) is 29.6 Å². The summed E-state index contributed by atoms with van der Waals surface area (Å²) in [5, 5.41) is 12.9. The van der Waals surface area contributed by atoms with Gasteiger partial charge in [0.15, 0.2) is 5.78 Å². The van der Waals surface area contributed by atoms with Crippen LogP contribution >= 0.6 is 0 Å². The topological polar surface area (TPSA) is 65.4 Å². The Labute approximate surface area is 172 Å². The molecule has 1 saturated carbocycles. The van der Waals surface area contributed by atoms with Crippen molar-refractivity contribution in [3.8, 4) is 11.8 Å². The summed E-state index contributed by atoms with van der Waals surface area (Å²) in [4.78, 5) is 14.9. The molecule has 3 aliphatic rings. The van der Waals surface area contributed by atoms with Gasteiger partial charge in [-0.3, -0.25) is 4.79 Å². The zero-order valence-corrected chi connectivity index (χ0v) is 17.1. The van der Waals surface area contributed by atoms with Crippen molar-refractivity contribution < 1.29 is 13.9 Å². The SMILES string of the molecule is CN1CCC(Oc2ccc(C[C@@H](C#N)CC(=O)[C@H]3N[C@@H]4CC[C@H]3C4)c(F)c2)CC1. The molecule has 1 N–H and O–H groups in total. The Balaban J connectivity index is 1.32. The number of carbonyl (C=O) groups excluding carboxylic acids is 1. The highest BCUT2D eigenvalue weighted by atomic mass is 19.1. The molecule has 2 heterocycles. The Morgan fingerprint density at radius 3 is 2.76 bits per heavy atom. The van der Waals surface area contributed by atoms with Crippen LogP contribution in [0.15, 0.2) is 18.2 Å². The van der Waals surface area contributed by atoms with Crippen molar-refractivity contribution in [3.63, 3.8) is 0 Å². The molecular formula is C23H30FN3O2. The van der Waals surface area contributed by atoms with E-state index in [4.69, 9.17) is 4.74 Å². The normalized spacial score (nSPS) is 28.2. The number of likely N-dealkylation sites (tertiary alicyclic amines) is 1. The largest absolute Gasteiger partial charge is 0.490 e. The number of hydrogen-bond acceptors (Lipinski definition) is 5. The van der Waals surface area contributed by atoms with Crippen LogP contribution in [0.4, 0.5) is 4.39 Å². The maximum absolute atomic E-state index is 14.6. The van der Waals surface area contributed by atoms with Gasteiger partial charge in [-0.1, -0.05) is 6.07 Å². The second kappa shape index (κ2) is 8.81. The van der Waals surface area contributed by atoms with Gasteiger partial charge < -0.3 is 15.0 Å². The maximum Gasteiger partial charge on any atom is 0.151 e. The van der Waals surface area contributed by atoms with Crippen LogP contribution in [-0.2, 0) is 11.2 Å². The van der Waals surface area contributed by atoms with E-state index in [0.717, 1.165) is 45.2 Å². The number of nitrogens with one attached hydrogen (secondary N) is 1. The number of Topliss-reactive ketones (excluding diaryl/α,β-unsaturated/α-hetero) is 1. The van der Waals surface area contributed by atoms with Crippen LogP contribution in [0.2, 0.25) is 0 Å². The summed E-state index contributed by atoms with van der Waals surface area (Å²) >= 11 is 0. The van der Waals surface area contributed by atoms with Gasteiger partial charge >= 0.3 is 0 Å². The van der Waals surface area contributed by atoms with E-state index in [1.165, 1.54) is 6.07 Å². The number of halogens is 1. The summed E-state index contributed by atoms with van der Waals surface area (Å²) < 4.78 is 20.6.